The molecule has 3 aromatic heterocycles. The summed E-state index contributed by atoms with van der Waals surface area (Å²) in [5, 5.41) is 11.7. The highest BCUT2D eigenvalue weighted by Crippen LogP contribution is 2.40. The van der Waals surface area contributed by atoms with E-state index in [4.69, 9.17) is 19.4 Å². The number of hydrogen-bond acceptors (Lipinski definition) is 4. The number of aromatic nitrogens is 3. The number of nitrogens with zero attached hydrogens (tertiary/aromatic N) is 3. The van der Waals surface area contributed by atoms with Gasteiger partial charge in [0.15, 0.2) is 5.82 Å². The highest BCUT2D eigenvalue weighted by Gasteiger charge is 2.17. The fourth-order valence-corrected chi connectivity index (χ4v) is 7.99. The molecular weight excluding hydrogens is 647 g/mol. The Morgan fingerprint density at radius 2 is 0.811 bits per heavy atom. The number of fused-ring (bicyclic) bond motifs is 11. The van der Waals surface area contributed by atoms with Crippen molar-refractivity contribution in [3.8, 4) is 45.2 Å². The SMILES string of the molecule is c1ccc(-c2cc(-c3ccc(-c4nc5oc6ccccc6c5c5ccccc45)cc3)nc(-c3ccc4c5ccccc5c5ccccc5c4c3)n2)cc1. The van der Waals surface area contributed by atoms with Gasteiger partial charge in [0, 0.05) is 33.0 Å². The second-order valence-electron chi connectivity index (χ2n) is 13.5. The fraction of sp³-hybridized carbons (Fsp3) is 0. The Morgan fingerprint density at radius 3 is 1.49 bits per heavy atom. The molecule has 4 nitrogen and oxygen atoms in total. The summed E-state index contributed by atoms with van der Waals surface area (Å²) in [5.41, 5.74) is 8.14. The summed E-state index contributed by atoms with van der Waals surface area (Å²) in [6.07, 6.45) is 0. The summed E-state index contributed by atoms with van der Waals surface area (Å²) in [6, 6.07) is 61.5. The van der Waals surface area contributed by atoms with Crippen molar-refractivity contribution in [2.75, 3.05) is 0 Å². The van der Waals surface area contributed by atoms with Gasteiger partial charge in [-0.15, -0.1) is 0 Å². The largest absolute Gasteiger partial charge is 0.438 e. The van der Waals surface area contributed by atoms with Crippen LogP contribution in [0.4, 0.5) is 0 Å². The van der Waals surface area contributed by atoms with Gasteiger partial charge in [0.1, 0.15) is 5.58 Å². The molecule has 0 N–H and O–H groups in total. The first-order valence-electron chi connectivity index (χ1n) is 17.9. The lowest BCUT2D eigenvalue weighted by Gasteiger charge is -2.13. The number of benzene rings is 8. The molecule has 11 aromatic rings. The van der Waals surface area contributed by atoms with Gasteiger partial charge in [0.2, 0.25) is 5.71 Å². The molecule has 11 rings (SSSR count). The van der Waals surface area contributed by atoms with Gasteiger partial charge in [-0.05, 0) is 55.9 Å². The van der Waals surface area contributed by atoms with Crippen LogP contribution in [0.15, 0.2) is 180 Å². The molecular formula is C49H29N3O. The van der Waals surface area contributed by atoms with E-state index in [-0.39, 0.29) is 0 Å². The van der Waals surface area contributed by atoms with Crippen LogP contribution in [0.25, 0.3) is 110 Å². The minimum Gasteiger partial charge on any atom is -0.438 e. The number of hydrogen-bond donors (Lipinski definition) is 0. The summed E-state index contributed by atoms with van der Waals surface area (Å²) in [7, 11) is 0. The maximum atomic E-state index is 6.27. The van der Waals surface area contributed by atoms with Gasteiger partial charge in [-0.2, -0.15) is 0 Å². The standard InChI is InChI=1S/C49H29N3O/c1-2-12-30(13-3-1)43-29-44(51-48(50-43)33-26-27-38-36-16-5-4-14-34(36)35-15-6-7-17-37(35)42(38)28-33)31-22-24-32(25-23-31)47-40-19-9-8-18-39(40)46-41-20-10-11-21-45(41)53-49(46)52-47/h1-29H. The van der Waals surface area contributed by atoms with Crippen molar-refractivity contribution in [1.82, 2.24) is 15.0 Å². The van der Waals surface area contributed by atoms with Crippen LogP contribution in [-0.2, 0) is 0 Å². The van der Waals surface area contributed by atoms with Crippen LogP contribution in [0, 0.1) is 0 Å². The molecule has 0 amide bonds. The first-order valence-corrected chi connectivity index (χ1v) is 17.9. The smallest absolute Gasteiger partial charge is 0.228 e. The summed E-state index contributed by atoms with van der Waals surface area (Å²) in [4.78, 5) is 15.5. The highest BCUT2D eigenvalue weighted by molar-refractivity contribution is 6.25. The predicted octanol–water partition coefficient (Wildman–Crippen LogP) is 13.1. The molecule has 8 aromatic carbocycles. The Bertz CT molecular complexity index is 3180. The third-order valence-electron chi connectivity index (χ3n) is 10.5. The van der Waals surface area contributed by atoms with Gasteiger partial charge in [-0.25, -0.2) is 15.0 Å². The van der Waals surface area contributed by atoms with Crippen molar-refractivity contribution < 1.29 is 4.42 Å². The minimum atomic E-state index is 0.646. The highest BCUT2D eigenvalue weighted by atomic mass is 16.3. The van der Waals surface area contributed by atoms with Crippen molar-refractivity contribution in [3.05, 3.63) is 176 Å². The Balaban J connectivity index is 1.07. The molecule has 0 radical (unpaired) electrons. The molecule has 0 saturated heterocycles. The fourth-order valence-electron chi connectivity index (χ4n) is 7.99. The van der Waals surface area contributed by atoms with Gasteiger partial charge >= 0.3 is 0 Å². The van der Waals surface area contributed by atoms with Crippen LogP contribution in [0.3, 0.4) is 0 Å². The van der Waals surface area contributed by atoms with Crippen LogP contribution in [0.5, 0.6) is 0 Å². The first-order chi connectivity index (χ1) is 26.3. The van der Waals surface area contributed by atoms with E-state index in [2.05, 4.69) is 152 Å². The van der Waals surface area contributed by atoms with Crippen LogP contribution < -0.4 is 0 Å². The molecule has 0 atom stereocenters. The van der Waals surface area contributed by atoms with Crippen molar-refractivity contribution in [2.24, 2.45) is 0 Å². The van der Waals surface area contributed by atoms with Crippen molar-refractivity contribution in [1.29, 1.82) is 0 Å². The second kappa shape index (κ2) is 11.7. The molecule has 0 aliphatic rings. The number of rotatable bonds is 4. The minimum absolute atomic E-state index is 0.646. The number of furan rings is 1. The van der Waals surface area contributed by atoms with E-state index in [0.29, 0.717) is 11.5 Å². The van der Waals surface area contributed by atoms with E-state index in [1.807, 2.05) is 24.3 Å². The second-order valence-corrected chi connectivity index (χ2v) is 13.5. The maximum Gasteiger partial charge on any atom is 0.228 e. The van der Waals surface area contributed by atoms with E-state index < -0.39 is 0 Å². The molecule has 0 fully saturated rings. The molecule has 0 saturated carbocycles. The van der Waals surface area contributed by atoms with Crippen molar-refractivity contribution >= 4 is 65.2 Å². The third kappa shape index (κ3) is 4.73. The summed E-state index contributed by atoms with van der Waals surface area (Å²) >= 11 is 0. The molecule has 4 heteroatoms. The van der Waals surface area contributed by atoms with Gasteiger partial charge < -0.3 is 4.42 Å². The van der Waals surface area contributed by atoms with Crippen LogP contribution >= 0.6 is 0 Å². The first kappa shape index (κ1) is 29.5. The number of para-hydroxylation sites is 1. The average Bonchev–Trinajstić information content (AvgIpc) is 3.62. The molecule has 0 unspecified atom stereocenters. The maximum absolute atomic E-state index is 6.27. The van der Waals surface area contributed by atoms with Crippen molar-refractivity contribution in [2.45, 2.75) is 0 Å². The molecule has 0 bridgehead atoms. The lowest BCUT2D eigenvalue weighted by Crippen LogP contribution is -1.96. The Kier molecular flexibility index (Phi) is 6.52. The van der Waals surface area contributed by atoms with Crippen molar-refractivity contribution in [3.63, 3.8) is 0 Å². The molecule has 0 aliphatic carbocycles. The summed E-state index contributed by atoms with van der Waals surface area (Å²) in [5.74, 6) is 0.688. The summed E-state index contributed by atoms with van der Waals surface area (Å²) in [6.45, 7) is 0. The summed E-state index contributed by atoms with van der Waals surface area (Å²) < 4.78 is 6.27. The van der Waals surface area contributed by atoms with Crippen LogP contribution in [0.1, 0.15) is 0 Å². The molecule has 0 aliphatic heterocycles. The van der Waals surface area contributed by atoms with Gasteiger partial charge in [-0.1, -0.05) is 158 Å². The zero-order valence-electron chi connectivity index (χ0n) is 28.5. The Morgan fingerprint density at radius 1 is 0.321 bits per heavy atom. The van der Waals surface area contributed by atoms with Gasteiger partial charge in [0.05, 0.1) is 22.5 Å². The monoisotopic (exact) mass is 675 g/mol. The normalized spacial score (nSPS) is 11.8. The van der Waals surface area contributed by atoms with Crippen LogP contribution in [-0.4, -0.2) is 15.0 Å². The van der Waals surface area contributed by atoms with E-state index in [1.165, 1.54) is 32.3 Å². The lowest BCUT2D eigenvalue weighted by molar-refractivity contribution is 0.655. The van der Waals surface area contributed by atoms with E-state index in [1.54, 1.807) is 0 Å². The predicted molar refractivity (Wildman–Crippen MR) is 219 cm³/mol. The van der Waals surface area contributed by atoms with E-state index in [0.717, 1.165) is 66.5 Å². The number of pyridine rings is 1. The Labute approximate surface area is 304 Å². The zero-order chi connectivity index (χ0) is 34.9. The quantitative estimate of drug-likeness (QED) is 0.174. The van der Waals surface area contributed by atoms with Gasteiger partial charge in [0.25, 0.3) is 0 Å². The van der Waals surface area contributed by atoms with E-state index in [9.17, 15) is 0 Å². The zero-order valence-corrected chi connectivity index (χ0v) is 28.5. The Hall–Kier alpha value is -7.17. The molecule has 53 heavy (non-hydrogen) atoms. The molecule has 3 heterocycles. The topological polar surface area (TPSA) is 51.8 Å². The lowest BCUT2D eigenvalue weighted by atomic mass is 9.93. The van der Waals surface area contributed by atoms with Gasteiger partial charge in [-0.3, -0.25) is 0 Å². The van der Waals surface area contributed by atoms with Crippen LogP contribution in [0.2, 0.25) is 0 Å². The van der Waals surface area contributed by atoms with E-state index >= 15 is 0 Å². The molecule has 246 valence electrons. The average molecular weight is 676 g/mol. The molecule has 0 spiro atoms. The third-order valence-corrected chi connectivity index (χ3v) is 10.5.